The van der Waals surface area contributed by atoms with E-state index >= 15 is 0 Å². The Kier molecular flexibility index (Phi) is 6.17. The lowest BCUT2D eigenvalue weighted by Gasteiger charge is -2.29. The molecule has 1 saturated carbocycles. The van der Waals surface area contributed by atoms with Crippen molar-refractivity contribution in [2.24, 2.45) is 13.0 Å². The zero-order chi connectivity index (χ0) is 20.3. The number of amides is 2. The van der Waals surface area contributed by atoms with Crippen LogP contribution in [0.4, 0.5) is 4.39 Å². The highest BCUT2D eigenvalue weighted by atomic mass is 19.1. The van der Waals surface area contributed by atoms with Crippen LogP contribution in [0.2, 0.25) is 0 Å². The molecule has 0 N–H and O–H groups in total. The van der Waals surface area contributed by atoms with E-state index in [4.69, 9.17) is 0 Å². The Morgan fingerprint density at radius 1 is 1.18 bits per heavy atom. The third kappa shape index (κ3) is 4.80. The Balaban J connectivity index is 1.76. The fraction of sp³-hybridized carbons (Fsp3) is 0.455. The molecule has 1 aromatic carbocycles. The quantitative estimate of drug-likeness (QED) is 0.699. The Morgan fingerprint density at radius 3 is 2.46 bits per heavy atom. The summed E-state index contributed by atoms with van der Waals surface area (Å²) in [6.07, 6.45) is 3.66. The average Bonchev–Trinajstić information content (AvgIpc) is 3.41. The van der Waals surface area contributed by atoms with Gasteiger partial charge in [-0.1, -0.05) is 26.0 Å². The van der Waals surface area contributed by atoms with Crippen molar-refractivity contribution in [1.29, 1.82) is 0 Å². The maximum atomic E-state index is 14.1. The van der Waals surface area contributed by atoms with Gasteiger partial charge in [0.1, 0.15) is 12.4 Å². The molecule has 1 aromatic heterocycles. The summed E-state index contributed by atoms with van der Waals surface area (Å²) in [6.45, 7) is 5.21. The van der Waals surface area contributed by atoms with Crippen molar-refractivity contribution >= 4 is 11.8 Å². The van der Waals surface area contributed by atoms with Crippen molar-refractivity contribution in [2.45, 2.75) is 39.3 Å². The van der Waals surface area contributed by atoms with Crippen molar-refractivity contribution in [3.05, 3.63) is 59.7 Å². The highest BCUT2D eigenvalue weighted by Crippen LogP contribution is 2.29. The summed E-state index contributed by atoms with van der Waals surface area (Å²) in [5, 5.41) is 0. The second kappa shape index (κ2) is 8.59. The van der Waals surface area contributed by atoms with Gasteiger partial charge in [-0.3, -0.25) is 9.59 Å². The molecule has 28 heavy (non-hydrogen) atoms. The van der Waals surface area contributed by atoms with E-state index in [-0.39, 0.29) is 24.1 Å². The van der Waals surface area contributed by atoms with Gasteiger partial charge in [-0.05, 0) is 43.0 Å². The first-order valence-corrected chi connectivity index (χ1v) is 9.80. The molecule has 1 aliphatic carbocycles. The van der Waals surface area contributed by atoms with E-state index in [9.17, 15) is 14.0 Å². The van der Waals surface area contributed by atoms with E-state index < -0.39 is 11.7 Å². The molecule has 3 rings (SSSR count). The normalized spacial score (nSPS) is 13.6. The summed E-state index contributed by atoms with van der Waals surface area (Å²) in [4.78, 5) is 29.4. The third-order valence-electron chi connectivity index (χ3n) is 5.00. The summed E-state index contributed by atoms with van der Waals surface area (Å²) in [5.74, 6) is -0.752. The molecule has 0 saturated heterocycles. The van der Waals surface area contributed by atoms with Gasteiger partial charge in [0.15, 0.2) is 0 Å². The zero-order valence-corrected chi connectivity index (χ0v) is 16.8. The predicted octanol–water partition coefficient (Wildman–Crippen LogP) is 3.45. The van der Waals surface area contributed by atoms with Gasteiger partial charge in [0, 0.05) is 31.5 Å². The fourth-order valence-electron chi connectivity index (χ4n) is 3.34. The van der Waals surface area contributed by atoms with E-state index in [0.29, 0.717) is 19.0 Å². The molecule has 0 bridgehead atoms. The van der Waals surface area contributed by atoms with Crippen LogP contribution in [-0.2, 0) is 18.4 Å². The van der Waals surface area contributed by atoms with Crippen LogP contribution >= 0.6 is 0 Å². The van der Waals surface area contributed by atoms with Crippen LogP contribution in [0.1, 0.15) is 42.7 Å². The van der Waals surface area contributed by atoms with Crippen molar-refractivity contribution in [1.82, 2.24) is 14.4 Å². The zero-order valence-electron chi connectivity index (χ0n) is 16.8. The van der Waals surface area contributed by atoms with Gasteiger partial charge >= 0.3 is 0 Å². The Hall–Kier alpha value is -2.63. The number of hydrogen-bond acceptors (Lipinski definition) is 2. The molecule has 0 atom stereocenters. The number of rotatable bonds is 8. The second-order valence-electron chi connectivity index (χ2n) is 7.92. The van der Waals surface area contributed by atoms with Crippen LogP contribution in [0.25, 0.3) is 0 Å². The Bertz CT molecular complexity index is 842. The summed E-state index contributed by atoms with van der Waals surface area (Å²) in [7, 11) is 1.95. The number of hydrogen-bond donors (Lipinski definition) is 0. The van der Waals surface area contributed by atoms with Gasteiger partial charge in [-0.15, -0.1) is 0 Å². The number of nitrogens with zero attached hydrogens (tertiary/aromatic N) is 3. The number of carbonyl (C=O) groups excluding carboxylic acids is 2. The lowest BCUT2D eigenvalue weighted by molar-refractivity contribution is -0.133. The number of aromatic nitrogens is 1. The molecule has 150 valence electrons. The van der Waals surface area contributed by atoms with E-state index in [0.717, 1.165) is 18.5 Å². The van der Waals surface area contributed by atoms with E-state index in [1.54, 1.807) is 21.9 Å². The van der Waals surface area contributed by atoms with Gasteiger partial charge in [0.05, 0.1) is 12.1 Å². The molecule has 5 nitrogen and oxygen atoms in total. The molecule has 2 aromatic rings. The maximum absolute atomic E-state index is 14.1. The van der Waals surface area contributed by atoms with E-state index in [1.807, 2.05) is 29.9 Å². The lowest BCUT2D eigenvalue weighted by atomic mass is 10.1. The minimum Gasteiger partial charge on any atom is -0.353 e. The SMILES string of the molecule is CC(C)CN(Cc1cccn1C)C(=O)CN(C(=O)c1ccccc1F)C1CC1. The summed E-state index contributed by atoms with van der Waals surface area (Å²) in [6, 6.07) is 9.92. The minimum atomic E-state index is -0.548. The largest absolute Gasteiger partial charge is 0.353 e. The van der Waals surface area contributed by atoms with Crippen LogP contribution in [0.15, 0.2) is 42.6 Å². The average molecular weight is 385 g/mol. The van der Waals surface area contributed by atoms with Crippen LogP contribution in [0, 0.1) is 11.7 Å². The van der Waals surface area contributed by atoms with Gasteiger partial charge in [0.25, 0.3) is 5.91 Å². The lowest BCUT2D eigenvalue weighted by Crippen LogP contribution is -2.45. The van der Waals surface area contributed by atoms with E-state index in [2.05, 4.69) is 13.8 Å². The van der Waals surface area contributed by atoms with Gasteiger partial charge in [-0.2, -0.15) is 0 Å². The molecule has 1 heterocycles. The highest BCUT2D eigenvalue weighted by molar-refractivity contribution is 5.97. The third-order valence-corrected chi connectivity index (χ3v) is 5.00. The number of aryl methyl sites for hydroxylation is 1. The predicted molar refractivity (Wildman–Crippen MR) is 106 cm³/mol. The van der Waals surface area contributed by atoms with Gasteiger partial charge in [-0.25, -0.2) is 4.39 Å². The number of carbonyl (C=O) groups is 2. The van der Waals surface area contributed by atoms with Gasteiger partial charge in [0.2, 0.25) is 5.91 Å². The molecule has 0 unspecified atom stereocenters. The minimum absolute atomic E-state index is 0.0189. The molecule has 1 aliphatic rings. The highest BCUT2D eigenvalue weighted by Gasteiger charge is 2.36. The van der Waals surface area contributed by atoms with Gasteiger partial charge < -0.3 is 14.4 Å². The Labute approximate surface area is 165 Å². The Morgan fingerprint density at radius 2 is 1.89 bits per heavy atom. The maximum Gasteiger partial charge on any atom is 0.257 e. The topological polar surface area (TPSA) is 45.6 Å². The van der Waals surface area contributed by atoms with Crippen LogP contribution in [0.3, 0.4) is 0 Å². The molecule has 6 heteroatoms. The molecular formula is C22H28FN3O2. The van der Waals surface area contributed by atoms with Crippen LogP contribution in [-0.4, -0.2) is 45.3 Å². The smallest absolute Gasteiger partial charge is 0.257 e. The molecule has 1 fully saturated rings. The van der Waals surface area contributed by atoms with Crippen LogP contribution in [0.5, 0.6) is 0 Å². The summed E-state index contributed by atoms with van der Waals surface area (Å²) in [5.41, 5.74) is 1.06. The molecule has 0 aliphatic heterocycles. The first kappa shape index (κ1) is 20.1. The number of halogens is 1. The fourth-order valence-corrected chi connectivity index (χ4v) is 3.34. The second-order valence-corrected chi connectivity index (χ2v) is 7.92. The van der Waals surface area contributed by atoms with Crippen molar-refractivity contribution in [3.8, 4) is 0 Å². The first-order valence-electron chi connectivity index (χ1n) is 9.80. The summed E-state index contributed by atoms with van der Waals surface area (Å²) < 4.78 is 16.1. The van der Waals surface area contributed by atoms with E-state index in [1.165, 1.54) is 12.1 Å². The molecule has 2 amide bonds. The standard InChI is InChI=1S/C22H28FN3O2/c1-16(2)13-25(14-18-7-6-12-24(18)3)21(27)15-26(17-10-11-17)22(28)19-8-4-5-9-20(19)23/h4-9,12,16-17H,10-11,13-15H2,1-3H3. The monoisotopic (exact) mass is 385 g/mol. The number of benzene rings is 1. The molecular weight excluding hydrogens is 357 g/mol. The molecule has 0 radical (unpaired) electrons. The molecule has 0 spiro atoms. The first-order chi connectivity index (χ1) is 13.4. The van der Waals surface area contributed by atoms with Crippen molar-refractivity contribution < 1.29 is 14.0 Å². The van der Waals surface area contributed by atoms with Crippen LogP contribution < -0.4 is 0 Å². The van der Waals surface area contributed by atoms with Crippen molar-refractivity contribution in [2.75, 3.05) is 13.1 Å². The van der Waals surface area contributed by atoms with Crippen molar-refractivity contribution in [3.63, 3.8) is 0 Å². The summed E-state index contributed by atoms with van der Waals surface area (Å²) >= 11 is 0.